The highest BCUT2D eigenvalue weighted by atomic mass is 16.5. The van der Waals surface area contributed by atoms with Gasteiger partial charge in [-0.1, -0.05) is 0 Å². The fraction of sp³-hybridized carbons (Fsp3) is 0.429. The largest absolute Gasteiger partial charge is 0.497 e. The first-order chi connectivity index (χ1) is 13.7. The van der Waals surface area contributed by atoms with E-state index in [4.69, 9.17) is 9.47 Å². The zero-order chi connectivity index (χ0) is 19.8. The van der Waals surface area contributed by atoms with E-state index in [1.807, 2.05) is 24.3 Å². The van der Waals surface area contributed by atoms with E-state index < -0.39 is 0 Å². The molecule has 1 saturated heterocycles. The molecule has 1 aliphatic rings. The number of rotatable bonds is 7. The first-order valence-corrected chi connectivity index (χ1v) is 9.58. The number of amides is 1. The minimum absolute atomic E-state index is 0.127. The number of hydrogen-bond acceptors (Lipinski definition) is 6. The number of carbonyl (C=O) groups is 1. The minimum Gasteiger partial charge on any atom is -0.497 e. The molecule has 2 heterocycles. The maximum absolute atomic E-state index is 12.1. The Balaban J connectivity index is 1.58. The second-order valence-electron chi connectivity index (χ2n) is 6.68. The van der Waals surface area contributed by atoms with Crippen molar-refractivity contribution in [2.45, 2.75) is 6.42 Å². The number of anilines is 2. The van der Waals surface area contributed by atoms with E-state index >= 15 is 0 Å². The van der Waals surface area contributed by atoms with Gasteiger partial charge in [0.15, 0.2) is 0 Å². The summed E-state index contributed by atoms with van der Waals surface area (Å²) < 4.78 is 10.2. The van der Waals surface area contributed by atoms with Crippen LogP contribution in [0.25, 0.3) is 0 Å². The summed E-state index contributed by atoms with van der Waals surface area (Å²) in [5.41, 5.74) is 1.77. The van der Waals surface area contributed by atoms with E-state index in [1.165, 1.54) is 5.69 Å². The first-order valence-electron chi connectivity index (χ1n) is 9.58. The highest BCUT2D eigenvalue weighted by molar-refractivity contribution is 5.94. The van der Waals surface area contributed by atoms with Gasteiger partial charge in [-0.2, -0.15) is 0 Å². The van der Waals surface area contributed by atoms with Crippen LogP contribution in [0.5, 0.6) is 5.75 Å². The molecule has 2 aromatic rings. The van der Waals surface area contributed by atoms with Crippen molar-refractivity contribution in [1.29, 1.82) is 0 Å². The fourth-order valence-electron chi connectivity index (χ4n) is 3.27. The molecule has 1 aromatic carbocycles. The molecule has 1 N–H and O–H groups in total. The smallest absolute Gasteiger partial charge is 0.252 e. The molecule has 0 spiro atoms. The van der Waals surface area contributed by atoms with Gasteiger partial charge >= 0.3 is 0 Å². The molecule has 3 rings (SSSR count). The number of aromatic nitrogens is 1. The average molecular weight is 384 g/mol. The molecule has 1 aliphatic heterocycles. The van der Waals surface area contributed by atoms with Crippen molar-refractivity contribution in [2.24, 2.45) is 0 Å². The molecule has 7 nitrogen and oxygen atoms in total. The molecule has 1 amide bonds. The molecule has 0 atom stereocenters. The Kier molecular flexibility index (Phi) is 7.08. The Labute approximate surface area is 166 Å². The second-order valence-corrected chi connectivity index (χ2v) is 6.68. The summed E-state index contributed by atoms with van der Waals surface area (Å²) in [7, 11) is 3.29. The van der Waals surface area contributed by atoms with Crippen molar-refractivity contribution in [3.8, 4) is 5.75 Å². The van der Waals surface area contributed by atoms with E-state index in [0.717, 1.165) is 44.2 Å². The summed E-state index contributed by atoms with van der Waals surface area (Å²) in [6.07, 6.45) is 2.69. The highest BCUT2D eigenvalue weighted by Crippen LogP contribution is 2.22. The van der Waals surface area contributed by atoms with E-state index in [-0.39, 0.29) is 5.91 Å². The molecule has 1 fully saturated rings. The van der Waals surface area contributed by atoms with E-state index in [0.29, 0.717) is 18.7 Å². The molecular formula is C21H28N4O3. The number of pyridine rings is 1. The number of nitrogens with zero attached hydrogens (tertiary/aromatic N) is 3. The van der Waals surface area contributed by atoms with Crippen LogP contribution >= 0.6 is 0 Å². The number of nitrogens with one attached hydrogen (secondary N) is 1. The van der Waals surface area contributed by atoms with Gasteiger partial charge in [-0.15, -0.1) is 0 Å². The lowest BCUT2D eigenvalue weighted by Gasteiger charge is -2.24. The molecule has 0 saturated carbocycles. The number of benzene rings is 1. The van der Waals surface area contributed by atoms with Crippen LogP contribution in [-0.4, -0.2) is 64.4 Å². The van der Waals surface area contributed by atoms with Gasteiger partial charge in [0.05, 0.1) is 19.3 Å². The molecular weight excluding hydrogens is 356 g/mol. The lowest BCUT2D eigenvalue weighted by atomic mass is 10.2. The van der Waals surface area contributed by atoms with Gasteiger partial charge in [0.2, 0.25) is 0 Å². The third-order valence-corrected chi connectivity index (χ3v) is 4.86. The molecule has 0 bridgehead atoms. The van der Waals surface area contributed by atoms with Crippen LogP contribution in [0.4, 0.5) is 11.5 Å². The maximum atomic E-state index is 12.1. The van der Waals surface area contributed by atoms with E-state index in [9.17, 15) is 4.79 Å². The second kappa shape index (κ2) is 9.94. The number of methoxy groups -OCH3 is 2. The van der Waals surface area contributed by atoms with Gasteiger partial charge in [0.25, 0.3) is 5.91 Å². The Morgan fingerprint density at radius 2 is 1.79 bits per heavy atom. The molecule has 0 radical (unpaired) electrons. The van der Waals surface area contributed by atoms with Crippen LogP contribution in [0.1, 0.15) is 16.8 Å². The van der Waals surface area contributed by atoms with Crippen molar-refractivity contribution in [1.82, 2.24) is 10.3 Å². The van der Waals surface area contributed by atoms with Crippen molar-refractivity contribution >= 4 is 17.4 Å². The van der Waals surface area contributed by atoms with Crippen molar-refractivity contribution in [2.75, 3.05) is 63.4 Å². The van der Waals surface area contributed by atoms with Gasteiger partial charge in [-0.3, -0.25) is 4.79 Å². The van der Waals surface area contributed by atoms with Crippen molar-refractivity contribution in [3.05, 3.63) is 48.2 Å². The number of hydrogen-bond donors (Lipinski definition) is 1. The highest BCUT2D eigenvalue weighted by Gasteiger charge is 2.17. The maximum Gasteiger partial charge on any atom is 0.252 e. The van der Waals surface area contributed by atoms with Crippen molar-refractivity contribution in [3.63, 3.8) is 0 Å². The monoisotopic (exact) mass is 384 g/mol. The topological polar surface area (TPSA) is 66.9 Å². The summed E-state index contributed by atoms with van der Waals surface area (Å²) in [5, 5.41) is 2.81. The number of ether oxygens (including phenoxy) is 2. The third kappa shape index (κ3) is 5.13. The predicted octanol–water partition coefficient (Wildman–Crippen LogP) is 2.18. The van der Waals surface area contributed by atoms with Crippen molar-refractivity contribution < 1.29 is 14.3 Å². The van der Waals surface area contributed by atoms with Crippen LogP contribution in [-0.2, 0) is 4.74 Å². The summed E-state index contributed by atoms with van der Waals surface area (Å²) in [6.45, 7) is 4.74. The Bertz CT molecular complexity index is 749. The Morgan fingerprint density at radius 3 is 2.46 bits per heavy atom. The van der Waals surface area contributed by atoms with Gasteiger partial charge in [-0.25, -0.2) is 4.98 Å². The lowest BCUT2D eigenvalue weighted by molar-refractivity contribution is 0.0937. The Morgan fingerprint density at radius 1 is 1.04 bits per heavy atom. The summed E-state index contributed by atoms with van der Waals surface area (Å²) in [4.78, 5) is 21.2. The van der Waals surface area contributed by atoms with Crippen LogP contribution < -0.4 is 19.9 Å². The standard InChI is InChI=1S/C21H28N4O3/c1-27-15-10-22-21(26)17-4-9-20(23-16-17)25-12-3-11-24(13-14-25)18-5-7-19(28-2)8-6-18/h4-9,16H,3,10-15H2,1-2H3,(H,22,26). The average Bonchev–Trinajstić information content (AvgIpc) is 3.00. The summed E-state index contributed by atoms with van der Waals surface area (Å²) in [5.74, 6) is 1.65. The van der Waals surface area contributed by atoms with E-state index in [2.05, 4.69) is 32.2 Å². The minimum atomic E-state index is -0.127. The van der Waals surface area contributed by atoms with E-state index in [1.54, 1.807) is 20.4 Å². The van der Waals surface area contributed by atoms with Gasteiger partial charge in [0, 0.05) is 51.7 Å². The van der Waals surface area contributed by atoms with Crippen LogP contribution in [0.3, 0.4) is 0 Å². The molecule has 1 aromatic heterocycles. The first kappa shape index (κ1) is 19.9. The van der Waals surface area contributed by atoms with Gasteiger partial charge < -0.3 is 24.6 Å². The molecule has 28 heavy (non-hydrogen) atoms. The number of carbonyl (C=O) groups excluding carboxylic acids is 1. The molecule has 0 aliphatic carbocycles. The summed E-state index contributed by atoms with van der Waals surface area (Å²) >= 11 is 0. The molecule has 150 valence electrons. The van der Waals surface area contributed by atoms with Crippen LogP contribution in [0, 0.1) is 0 Å². The normalized spacial score (nSPS) is 14.5. The molecule has 0 unspecified atom stereocenters. The summed E-state index contributed by atoms with van der Waals surface area (Å²) in [6, 6.07) is 11.9. The molecule has 7 heteroatoms. The predicted molar refractivity (Wildman–Crippen MR) is 110 cm³/mol. The zero-order valence-corrected chi connectivity index (χ0v) is 16.6. The fourth-order valence-corrected chi connectivity index (χ4v) is 3.27. The van der Waals surface area contributed by atoms with Gasteiger partial charge in [-0.05, 0) is 42.8 Å². The van der Waals surface area contributed by atoms with Crippen LogP contribution in [0.2, 0.25) is 0 Å². The quantitative estimate of drug-likeness (QED) is 0.738. The lowest BCUT2D eigenvalue weighted by Crippen LogP contribution is -2.31. The van der Waals surface area contributed by atoms with Crippen LogP contribution in [0.15, 0.2) is 42.6 Å². The Hall–Kier alpha value is -2.80. The van der Waals surface area contributed by atoms with Gasteiger partial charge in [0.1, 0.15) is 11.6 Å². The zero-order valence-electron chi connectivity index (χ0n) is 16.6. The SMILES string of the molecule is COCCNC(=O)c1ccc(N2CCCN(c3ccc(OC)cc3)CC2)nc1. The third-order valence-electron chi connectivity index (χ3n) is 4.86.